The van der Waals surface area contributed by atoms with E-state index in [-0.39, 0.29) is 30.3 Å². The monoisotopic (exact) mass is 370 g/mol. The van der Waals surface area contributed by atoms with E-state index in [1.807, 2.05) is 31.2 Å². The van der Waals surface area contributed by atoms with E-state index in [1.54, 1.807) is 6.92 Å². The van der Waals surface area contributed by atoms with Crippen LogP contribution in [0.5, 0.6) is 0 Å². The summed E-state index contributed by atoms with van der Waals surface area (Å²) in [5.41, 5.74) is 2.85. The average molecular weight is 370 g/mol. The van der Waals surface area contributed by atoms with Crippen LogP contribution in [0.25, 0.3) is 0 Å². The molecule has 0 radical (unpaired) electrons. The topological polar surface area (TPSA) is 98.5 Å². The van der Waals surface area contributed by atoms with Crippen molar-refractivity contribution in [1.29, 1.82) is 0 Å². The van der Waals surface area contributed by atoms with Crippen LogP contribution >= 0.6 is 0 Å². The lowest BCUT2D eigenvalue weighted by Gasteiger charge is -2.08. The number of hydrogen-bond donors (Lipinski definition) is 1. The highest BCUT2D eigenvalue weighted by Gasteiger charge is 2.14. The van der Waals surface area contributed by atoms with Crippen molar-refractivity contribution in [2.75, 3.05) is 13.2 Å². The Kier molecular flexibility index (Phi) is 7.05. The summed E-state index contributed by atoms with van der Waals surface area (Å²) in [6.07, 6.45) is 1.01. The molecular weight excluding hydrogens is 348 g/mol. The number of nitrogens with zero attached hydrogens (tertiary/aromatic N) is 1. The molecule has 0 unspecified atom stereocenters. The van der Waals surface area contributed by atoms with Crippen molar-refractivity contribution < 1.29 is 19.2 Å². The van der Waals surface area contributed by atoms with Gasteiger partial charge in [0.15, 0.2) is 0 Å². The molecule has 0 spiro atoms. The number of nitro benzene ring substituents is 1. The van der Waals surface area contributed by atoms with Gasteiger partial charge in [0, 0.05) is 18.1 Å². The van der Waals surface area contributed by atoms with Crippen LogP contribution < -0.4 is 5.32 Å². The van der Waals surface area contributed by atoms with Gasteiger partial charge < -0.3 is 10.1 Å². The zero-order valence-electron chi connectivity index (χ0n) is 15.4. The van der Waals surface area contributed by atoms with E-state index in [9.17, 15) is 19.7 Å². The molecule has 2 aromatic rings. The van der Waals surface area contributed by atoms with Crippen molar-refractivity contribution in [2.45, 2.75) is 26.7 Å². The van der Waals surface area contributed by atoms with Gasteiger partial charge >= 0.3 is 5.97 Å². The van der Waals surface area contributed by atoms with Crippen molar-refractivity contribution in [1.82, 2.24) is 5.32 Å². The van der Waals surface area contributed by atoms with Crippen LogP contribution in [0.2, 0.25) is 0 Å². The largest absolute Gasteiger partial charge is 0.460 e. The Balaban J connectivity index is 1.70. The van der Waals surface area contributed by atoms with Crippen LogP contribution in [0.15, 0.2) is 42.5 Å². The number of ether oxygens (including phenoxy) is 1. The predicted molar refractivity (Wildman–Crippen MR) is 101 cm³/mol. The molecule has 27 heavy (non-hydrogen) atoms. The SMILES string of the molecule is Cc1ccc(CCC(=O)NCCOC(=O)c2ccc([N+](=O)[O-])c(C)c2)cc1. The molecule has 0 aliphatic rings. The molecule has 0 bridgehead atoms. The van der Waals surface area contributed by atoms with E-state index in [2.05, 4.69) is 5.32 Å². The molecule has 0 aromatic heterocycles. The lowest BCUT2D eigenvalue weighted by molar-refractivity contribution is -0.385. The van der Waals surface area contributed by atoms with Crippen LogP contribution in [0.4, 0.5) is 5.69 Å². The Labute approximate surface area is 157 Å². The highest BCUT2D eigenvalue weighted by molar-refractivity contribution is 5.90. The molecule has 142 valence electrons. The predicted octanol–water partition coefficient (Wildman–Crippen LogP) is 3.12. The first-order valence-corrected chi connectivity index (χ1v) is 8.61. The van der Waals surface area contributed by atoms with Gasteiger partial charge in [0.25, 0.3) is 5.69 Å². The summed E-state index contributed by atoms with van der Waals surface area (Å²) < 4.78 is 5.09. The Bertz CT molecular complexity index is 831. The first-order chi connectivity index (χ1) is 12.9. The third-order valence-corrected chi connectivity index (χ3v) is 4.05. The summed E-state index contributed by atoms with van der Waals surface area (Å²) in [4.78, 5) is 34.1. The second-order valence-corrected chi connectivity index (χ2v) is 6.23. The number of carbonyl (C=O) groups excluding carboxylic acids is 2. The van der Waals surface area contributed by atoms with Crippen LogP contribution in [-0.2, 0) is 16.0 Å². The van der Waals surface area contributed by atoms with Crippen LogP contribution in [0.1, 0.15) is 33.5 Å². The number of amides is 1. The lowest BCUT2D eigenvalue weighted by atomic mass is 10.1. The normalized spacial score (nSPS) is 10.3. The van der Waals surface area contributed by atoms with Gasteiger partial charge in [-0.05, 0) is 38.0 Å². The minimum absolute atomic E-state index is 0.0329. The molecule has 0 heterocycles. The van der Waals surface area contributed by atoms with E-state index in [1.165, 1.54) is 23.8 Å². The van der Waals surface area contributed by atoms with Crippen LogP contribution in [0, 0.1) is 24.0 Å². The molecule has 0 atom stereocenters. The molecule has 7 heteroatoms. The van der Waals surface area contributed by atoms with Crippen molar-refractivity contribution in [3.63, 3.8) is 0 Å². The third-order valence-electron chi connectivity index (χ3n) is 4.05. The molecule has 2 rings (SSSR count). The van der Waals surface area contributed by atoms with Gasteiger partial charge in [-0.3, -0.25) is 14.9 Å². The van der Waals surface area contributed by atoms with Gasteiger partial charge in [-0.1, -0.05) is 29.8 Å². The molecule has 0 saturated heterocycles. The molecule has 0 aliphatic carbocycles. The van der Waals surface area contributed by atoms with Gasteiger partial charge in [-0.15, -0.1) is 0 Å². The summed E-state index contributed by atoms with van der Waals surface area (Å²) in [6.45, 7) is 3.81. The number of nitro groups is 1. The maximum absolute atomic E-state index is 12.0. The number of nitrogens with one attached hydrogen (secondary N) is 1. The highest BCUT2D eigenvalue weighted by Crippen LogP contribution is 2.19. The summed E-state index contributed by atoms with van der Waals surface area (Å²) in [7, 11) is 0. The Morgan fingerprint density at radius 3 is 2.44 bits per heavy atom. The van der Waals surface area contributed by atoms with E-state index >= 15 is 0 Å². The van der Waals surface area contributed by atoms with Crippen molar-refractivity contribution in [3.8, 4) is 0 Å². The zero-order chi connectivity index (χ0) is 19.8. The van der Waals surface area contributed by atoms with E-state index in [0.29, 0.717) is 18.4 Å². The molecular formula is C20H22N2O5. The van der Waals surface area contributed by atoms with Crippen molar-refractivity contribution in [3.05, 3.63) is 74.8 Å². The van der Waals surface area contributed by atoms with E-state index in [0.717, 1.165) is 5.56 Å². The molecule has 2 aromatic carbocycles. The fourth-order valence-electron chi connectivity index (χ4n) is 2.51. The smallest absolute Gasteiger partial charge is 0.338 e. The first kappa shape index (κ1) is 20.1. The van der Waals surface area contributed by atoms with E-state index in [4.69, 9.17) is 4.74 Å². The summed E-state index contributed by atoms with van der Waals surface area (Å²) >= 11 is 0. The fourth-order valence-corrected chi connectivity index (χ4v) is 2.51. The van der Waals surface area contributed by atoms with Gasteiger partial charge in [0.1, 0.15) is 6.61 Å². The maximum atomic E-state index is 12.0. The second-order valence-electron chi connectivity index (χ2n) is 6.23. The first-order valence-electron chi connectivity index (χ1n) is 8.61. The maximum Gasteiger partial charge on any atom is 0.338 e. The number of rotatable bonds is 8. The minimum atomic E-state index is -0.582. The minimum Gasteiger partial charge on any atom is -0.460 e. The second kappa shape index (κ2) is 9.47. The molecule has 0 aliphatic heterocycles. The van der Waals surface area contributed by atoms with E-state index < -0.39 is 10.9 Å². The van der Waals surface area contributed by atoms with Crippen LogP contribution in [-0.4, -0.2) is 30.0 Å². The number of benzene rings is 2. The molecule has 1 N–H and O–H groups in total. The Morgan fingerprint density at radius 1 is 1.11 bits per heavy atom. The number of carbonyl (C=O) groups is 2. The average Bonchev–Trinajstić information content (AvgIpc) is 2.64. The standard InChI is InChI=1S/C20H22N2O5/c1-14-3-5-16(6-4-14)7-10-19(23)21-11-12-27-20(24)17-8-9-18(22(25)26)15(2)13-17/h3-6,8-9,13H,7,10-12H2,1-2H3,(H,21,23). The van der Waals surface area contributed by atoms with Gasteiger partial charge in [0.05, 0.1) is 17.0 Å². The Hall–Kier alpha value is -3.22. The van der Waals surface area contributed by atoms with Gasteiger partial charge in [0.2, 0.25) is 5.91 Å². The number of hydrogen-bond acceptors (Lipinski definition) is 5. The number of esters is 1. The quantitative estimate of drug-likeness (QED) is 0.333. The molecule has 7 nitrogen and oxygen atoms in total. The molecule has 0 saturated carbocycles. The van der Waals surface area contributed by atoms with Gasteiger partial charge in [-0.2, -0.15) is 0 Å². The number of aryl methyl sites for hydroxylation is 3. The van der Waals surface area contributed by atoms with Gasteiger partial charge in [-0.25, -0.2) is 4.79 Å². The molecule has 0 fully saturated rings. The van der Waals surface area contributed by atoms with Crippen LogP contribution in [0.3, 0.4) is 0 Å². The lowest BCUT2D eigenvalue weighted by Crippen LogP contribution is -2.28. The highest BCUT2D eigenvalue weighted by atomic mass is 16.6. The summed E-state index contributed by atoms with van der Waals surface area (Å²) in [5, 5.41) is 13.5. The molecule has 1 amide bonds. The summed E-state index contributed by atoms with van der Waals surface area (Å²) in [5.74, 6) is -0.695. The van der Waals surface area contributed by atoms with Crippen molar-refractivity contribution in [2.24, 2.45) is 0 Å². The zero-order valence-corrected chi connectivity index (χ0v) is 15.4. The van der Waals surface area contributed by atoms with Crippen molar-refractivity contribution >= 4 is 17.6 Å². The fraction of sp³-hybridized carbons (Fsp3) is 0.300. The summed E-state index contributed by atoms with van der Waals surface area (Å²) in [6, 6.07) is 12.1. The Morgan fingerprint density at radius 2 is 1.81 bits per heavy atom. The third kappa shape index (κ3) is 6.22.